The predicted octanol–water partition coefficient (Wildman–Crippen LogP) is 5.36. The van der Waals surface area contributed by atoms with Crippen molar-refractivity contribution in [2.45, 2.75) is 19.9 Å². The second-order valence-electron chi connectivity index (χ2n) is 7.20. The first kappa shape index (κ1) is 21.7. The van der Waals surface area contributed by atoms with E-state index < -0.39 is 29.4 Å². The standard InChI is InChI=1S/C24H19F2NO4S/c1-3-31-18-9-6-14(11-13(18)2)22(28)20-21(19-5-4-10-32-19)27(24(30)23(20)29)15-7-8-16(25)17(26)12-15/h4-12,21,28H,3H2,1-2H3/b22-20-. The Morgan fingerprint density at radius 3 is 2.53 bits per heavy atom. The lowest BCUT2D eigenvalue weighted by Gasteiger charge is -2.24. The van der Waals surface area contributed by atoms with E-state index in [4.69, 9.17) is 4.74 Å². The van der Waals surface area contributed by atoms with Gasteiger partial charge in [-0.2, -0.15) is 0 Å². The predicted molar refractivity (Wildman–Crippen MR) is 118 cm³/mol. The van der Waals surface area contributed by atoms with Gasteiger partial charge in [-0.05, 0) is 61.2 Å². The van der Waals surface area contributed by atoms with Gasteiger partial charge in [-0.1, -0.05) is 6.07 Å². The quantitative estimate of drug-likeness (QED) is 0.320. The van der Waals surface area contributed by atoms with Crippen molar-refractivity contribution in [2.24, 2.45) is 0 Å². The highest BCUT2D eigenvalue weighted by Gasteiger charge is 2.47. The van der Waals surface area contributed by atoms with Crippen LogP contribution in [0.4, 0.5) is 14.5 Å². The summed E-state index contributed by atoms with van der Waals surface area (Å²) in [5.74, 6) is -3.76. The summed E-state index contributed by atoms with van der Waals surface area (Å²) < 4.78 is 32.9. The number of benzene rings is 2. The van der Waals surface area contributed by atoms with E-state index in [2.05, 4.69) is 0 Å². The van der Waals surface area contributed by atoms with Crippen LogP contribution in [-0.4, -0.2) is 23.4 Å². The van der Waals surface area contributed by atoms with Crippen molar-refractivity contribution in [1.82, 2.24) is 0 Å². The highest BCUT2D eigenvalue weighted by atomic mass is 32.1. The average Bonchev–Trinajstić information content (AvgIpc) is 3.38. The topological polar surface area (TPSA) is 66.8 Å². The second kappa shape index (κ2) is 8.55. The third-order valence-corrected chi connectivity index (χ3v) is 6.11. The minimum absolute atomic E-state index is 0.0197. The number of aliphatic hydroxyl groups is 1. The highest BCUT2D eigenvalue weighted by Crippen LogP contribution is 2.44. The number of amides is 1. The molecule has 0 radical (unpaired) electrons. The van der Waals surface area contributed by atoms with E-state index in [-0.39, 0.29) is 17.0 Å². The molecule has 1 atom stereocenters. The van der Waals surface area contributed by atoms with Crippen molar-refractivity contribution < 1.29 is 28.2 Å². The molecule has 0 bridgehead atoms. The van der Waals surface area contributed by atoms with Crippen LogP contribution in [0.2, 0.25) is 0 Å². The van der Waals surface area contributed by atoms with Crippen molar-refractivity contribution in [3.05, 3.63) is 87.1 Å². The fourth-order valence-electron chi connectivity index (χ4n) is 3.72. The number of thiophene rings is 1. The van der Waals surface area contributed by atoms with Gasteiger partial charge >= 0.3 is 0 Å². The highest BCUT2D eigenvalue weighted by molar-refractivity contribution is 7.10. The molecule has 2 aromatic carbocycles. The summed E-state index contributed by atoms with van der Waals surface area (Å²) in [5.41, 5.74) is 0.992. The Kier molecular flexibility index (Phi) is 5.80. The van der Waals surface area contributed by atoms with Gasteiger partial charge in [0.15, 0.2) is 11.6 Å². The lowest BCUT2D eigenvalue weighted by Crippen LogP contribution is -2.29. The molecule has 1 aromatic heterocycles. The van der Waals surface area contributed by atoms with Crippen molar-refractivity contribution in [1.29, 1.82) is 0 Å². The lowest BCUT2D eigenvalue weighted by atomic mass is 9.98. The van der Waals surface area contributed by atoms with Gasteiger partial charge in [0.05, 0.1) is 12.2 Å². The van der Waals surface area contributed by atoms with Gasteiger partial charge in [0.1, 0.15) is 17.6 Å². The van der Waals surface area contributed by atoms with Crippen LogP contribution in [0.5, 0.6) is 5.75 Å². The fourth-order valence-corrected chi connectivity index (χ4v) is 4.54. The first-order chi connectivity index (χ1) is 15.3. The first-order valence-corrected chi connectivity index (χ1v) is 10.7. The number of aliphatic hydroxyl groups excluding tert-OH is 1. The van der Waals surface area contributed by atoms with E-state index in [1.54, 1.807) is 42.6 Å². The average molecular weight is 455 g/mol. The van der Waals surface area contributed by atoms with E-state index in [0.29, 0.717) is 22.8 Å². The number of Topliss-reactive ketones (excluding diaryl/α,β-unsaturated/α-hetero) is 1. The molecule has 0 spiro atoms. The van der Waals surface area contributed by atoms with Gasteiger partial charge in [-0.25, -0.2) is 8.78 Å². The Hall–Kier alpha value is -3.52. The van der Waals surface area contributed by atoms with Crippen molar-refractivity contribution in [3.63, 3.8) is 0 Å². The molecule has 32 heavy (non-hydrogen) atoms. The van der Waals surface area contributed by atoms with Crippen molar-refractivity contribution >= 4 is 34.5 Å². The summed E-state index contributed by atoms with van der Waals surface area (Å²) in [4.78, 5) is 27.7. The van der Waals surface area contributed by atoms with Gasteiger partial charge in [0.2, 0.25) is 0 Å². The lowest BCUT2D eigenvalue weighted by molar-refractivity contribution is -0.132. The third kappa shape index (κ3) is 3.67. The zero-order valence-corrected chi connectivity index (χ0v) is 18.1. The van der Waals surface area contributed by atoms with E-state index in [1.165, 1.54) is 17.4 Å². The maximum Gasteiger partial charge on any atom is 0.300 e. The number of ether oxygens (including phenoxy) is 1. The van der Waals surface area contributed by atoms with Gasteiger partial charge < -0.3 is 9.84 Å². The van der Waals surface area contributed by atoms with Gasteiger partial charge in [0, 0.05) is 22.2 Å². The Morgan fingerprint density at radius 2 is 1.91 bits per heavy atom. The van der Waals surface area contributed by atoms with Crippen LogP contribution >= 0.6 is 11.3 Å². The number of hydrogen-bond donors (Lipinski definition) is 1. The Bertz CT molecular complexity index is 1240. The van der Waals surface area contributed by atoms with E-state index in [9.17, 15) is 23.5 Å². The number of ketones is 1. The summed E-state index contributed by atoms with van der Waals surface area (Å²) in [6.45, 7) is 4.14. The fraction of sp³-hybridized carbons (Fsp3) is 0.167. The Balaban J connectivity index is 1.88. The largest absolute Gasteiger partial charge is 0.507 e. The van der Waals surface area contributed by atoms with Crippen LogP contribution in [0, 0.1) is 18.6 Å². The molecule has 1 amide bonds. The molecule has 1 saturated heterocycles. The summed E-state index contributed by atoms with van der Waals surface area (Å²) in [6, 6.07) is 10.4. The second-order valence-corrected chi connectivity index (χ2v) is 8.18. The van der Waals surface area contributed by atoms with Gasteiger partial charge in [0.25, 0.3) is 11.7 Å². The number of rotatable bonds is 5. The zero-order valence-electron chi connectivity index (χ0n) is 17.3. The maximum absolute atomic E-state index is 13.9. The monoisotopic (exact) mass is 455 g/mol. The first-order valence-electron chi connectivity index (χ1n) is 9.86. The molecule has 0 aliphatic carbocycles. The van der Waals surface area contributed by atoms with Crippen LogP contribution in [-0.2, 0) is 9.59 Å². The van der Waals surface area contributed by atoms with Crippen molar-refractivity contribution in [2.75, 3.05) is 11.5 Å². The molecule has 4 rings (SSSR count). The molecule has 1 aliphatic heterocycles. The minimum Gasteiger partial charge on any atom is -0.507 e. The number of aryl methyl sites for hydroxylation is 1. The number of anilines is 1. The van der Waals surface area contributed by atoms with Crippen LogP contribution in [0.15, 0.2) is 59.5 Å². The molecule has 1 fully saturated rings. The third-order valence-electron chi connectivity index (χ3n) is 5.19. The molecule has 2 heterocycles. The zero-order chi connectivity index (χ0) is 23.0. The van der Waals surface area contributed by atoms with E-state index in [1.807, 2.05) is 6.92 Å². The Labute approximate surface area is 187 Å². The smallest absolute Gasteiger partial charge is 0.300 e. The van der Waals surface area contributed by atoms with E-state index >= 15 is 0 Å². The molecule has 3 aromatic rings. The summed E-state index contributed by atoms with van der Waals surface area (Å²) in [7, 11) is 0. The summed E-state index contributed by atoms with van der Waals surface area (Å²) in [5, 5.41) is 12.9. The molecule has 164 valence electrons. The number of carbonyl (C=O) groups excluding carboxylic acids is 2. The molecule has 0 saturated carbocycles. The summed E-state index contributed by atoms with van der Waals surface area (Å²) in [6.07, 6.45) is 0. The molecular formula is C24H19F2NO4S. The van der Waals surface area contributed by atoms with Gasteiger partial charge in [-0.3, -0.25) is 14.5 Å². The number of halogens is 2. The van der Waals surface area contributed by atoms with Crippen molar-refractivity contribution in [3.8, 4) is 5.75 Å². The molecule has 5 nitrogen and oxygen atoms in total. The number of nitrogens with zero attached hydrogens (tertiary/aromatic N) is 1. The molecule has 1 unspecified atom stereocenters. The molecule has 8 heteroatoms. The van der Waals surface area contributed by atoms with Crippen LogP contribution in [0.3, 0.4) is 0 Å². The maximum atomic E-state index is 13.9. The molecule has 1 aliphatic rings. The number of hydrogen-bond acceptors (Lipinski definition) is 5. The van der Waals surface area contributed by atoms with Crippen LogP contribution in [0.1, 0.15) is 29.0 Å². The Morgan fingerprint density at radius 1 is 1.12 bits per heavy atom. The normalized spacial score (nSPS) is 17.8. The number of carbonyl (C=O) groups is 2. The minimum atomic E-state index is -1.14. The van der Waals surface area contributed by atoms with Crippen LogP contribution in [0.25, 0.3) is 5.76 Å². The van der Waals surface area contributed by atoms with Crippen LogP contribution < -0.4 is 9.64 Å². The summed E-state index contributed by atoms with van der Waals surface area (Å²) >= 11 is 1.28. The van der Waals surface area contributed by atoms with E-state index in [0.717, 1.165) is 22.6 Å². The van der Waals surface area contributed by atoms with Gasteiger partial charge in [-0.15, -0.1) is 11.3 Å². The molecule has 1 N–H and O–H groups in total. The molecular weight excluding hydrogens is 436 g/mol. The SMILES string of the molecule is CCOc1ccc(/C(O)=C2/C(=O)C(=O)N(c3ccc(F)c(F)c3)C2c2cccs2)cc1C.